The molecule has 0 unspecified atom stereocenters. The van der Waals surface area contributed by atoms with E-state index in [2.05, 4.69) is 24.8 Å². The average molecular weight is 513 g/mol. The van der Waals surface area contributed by atoms with Gasteiger partial charge in [0.2, 0.25) is 0 Å². The zero-order chi connectivity index (χ0) is 25.3. The second kappa shape index (κ2) is 9.91. The average Bonchev–Trinajstić information content (AvgIpc) is 3.37. The lowest BCUT2D eigenvalue weighted by Crippen LogP contribution is -2.33. The predicted molar refractivity (Wildman–Crippen MR) is 118 cm³/mol. The Morgan fingerprint density at radius 1 is 1.14 bits per heavy atom. The first-order chi connectivity index (χ1) is 16.7. The third kappa shape index (κ3) is 5.01. The topological polar surface area (TPSA) is 211 Å². The van der Waals surface area contributed by atoms with Gasteiger partial charge in [0, 0.05) is 18.2 Å². The van der Waals surface area contributed by atoms with Gasteiger partial charge in [-0.2, -0.15) is 0 Å². The number of phosphoric ester groups is 1. The number of hydrogen-bond donors (Lipinski definition) is 6. The van der Waals surface area contributed by atoms with Crippen LogP contribution in [0.1, 0.15) is 11.8 Å². The summed E-state index contributed by atoms with van der Waals surface area (Å²) in [6.07, 6.45) is -1.97. The van der Waals surface area contributed by atoms with Gasteiger partial charge in [-0.05, 0) is 6.07 Å². The maximum absolute atomic E-state index is 11.3. The number of aliphatic hydroxyl groups is 3. The van der Waals surface area contributed by atoms with Crippen molar-refractivity contribution in [2.24, 2.45) is 0 Å². The van der Waals surface area contributed by atoms with Crippen LogP contribution in [-0.2, 0) is 15.8 Å². The minimum atomic E-state index is -4.81. The highest BCUT2D eigenvalue weighted by Gasteiger charge is 2.44. The van der Waals surface area contributed by atoms with E-state index in [1.54, 1.807) is 0 Å². The van der Waals surface area contributed by atoms with Crippen molar-refractivity contribution < 1.29 is 48.4 Å². The van der Waals surface area contributed by atoms with Gasteiger partial charge in [-0.3, -0.25) is 14.4 Å². The number of hydrogen-bond acceptors (Lipinski definition) is 12. The van der Waals surface area contributed by atoms with Crippen LogP contribution in [0.25, 0.3) is 11.2 Å². The smallest absolute Gasteiger partial charge is 0.493 e. The first-order valence-corrected chi connectivity index (χ1v) is 11.7. The largest absolute Gasteiger partial charge is 0.524 e. The number of nitrogens with zero attached hydrogens (tertiary/aromatic N) is 4. The van der Waals surface area contributed by atoms with Gasteiger partial charge in [0.25, 0.3) is 0 Å². The molecule has 1 aliphatic rings. The van der Waals surface area contributed by atoms with Gasteiger partial charge >= 0.3 is 7.82 Å². The van der Waals surface area contributed by atoms with Crippen molar-refractivity contribution in [2.75, 3.05) is 26.1 Å². The van der Waals surface area contributed by atoms with Crippen molar-refractivity contribution in [1.82, 2.24) is 19.5 Å². The normalized spacial score (nSPS) is 22.4. The molecule has 16 heteroatoms. The SMILES string of the molecule is COc1cc(OP(=O)(O)O)cc(CNc2ncnc3c2ncn3[C@@H]2O[C@H](CO)[C@@H](O)[C@H]2O)c1OC. The fourth-order valence-electron chi connectivity index (χ4n) is 3.79. The number of fused-ring (bicyclic) bond motifs is 1. The van der Waals surface area contributed by atoms with E-state index in [9.17, 15) is 19.9 Å². The molecule has 4 atom stereocenters. The highest BCUT2D eigenvalue weighted by molar-refractivity contribution is 7.46. The molecule has 3 heterocycles. The van der Waals surface area contributed by atoms with Gasteiger partial charge in [0.15, 0.2) is 34.7 Å². The standard InChI is InChI=1S/C19H24N5O10P/c1-31-11-4-10(34-35(28,29)30)3-9(16(11)32-2)5-20-17-13-18(22-7-21-17)24(8-23-13)19-15(27)14(26)12(6-25)33-19/h3-4,7-8,12,14-15,19,25-27H,5-6H2,1-2H3,(H,20,21,22)(H2,28,29,30)/t12-,14-,15-,19-/m1/s1. The van der Waals surface area contributed by atoms with Crippen LogP contribution in [0.2, 0.25) is 0 Å². The second-order valence-corrected chi connectivity index (χ2v) is 8.69. The lowest BCUT2D eigenvalue weighted by molar-refractivity contribution is -0.0511. The molecule has 0 bridgehead atoms. The monoisotopic (exact) mass is 513 g/mol. The molecule has 35 heavy (non-hydrogen) atoms. The van der Waals surface area contributed by atoms with Crippen molar-refractivity contribution in [1.29, 1.82) is 0 Å². The summed E-state index contributed by atoms with van der Waals surface area (Å²) < 4.78 is 33.6. The molecule has 0 amide bonds. The molecule has 0 radical (unpaired) electrons. The van der Waals surface area contributed by atoms with Gasteiger partial charge in [0.1, 0.15) is 30.4 Å². The van der Waals surface area contributed by atoms with E-state index in [-0.39, 0.29) is 18.0 Å². The number of nitrogens with one attached hydrogen (secondary N) is 1. The lowest BCUT2D eigenvalue weighted by atomic mass is 10.1. The van der Waals surface area contributed by atoms with Crippen molar-refractivity contribution >= 4 is 24.8 Å². The van der Waals surface area contributed by atoms with Gasteiger partial charge in [0.05, 0.1) is 27.2 Å². The molecule has 4 rings (SSSR count). The first kappa shape index (κ1) is 25.1. The number of imidazole rings is 1. The maximum Gasteiger partial charge on any atom is 0.524 e. The van der Waals surface area contributed by atoms with E-state index in [0.717, 1.165) is 0 Å². The molecular formula is C19H24N5O10P. The van der Waals surface area contributed by atoms with Crippen molar-refractivity contribution in [2.45, 2.75) is 31.1 Å². The quantitative estimate of drug-likeness (QED) is 0.200. The van der Waals surface area contributed by atoms with Gasteiger partial charge in [-0.1, -0.05) is 0 Å². The summed E-state index contributed by atoms with van der Waals surface area (Å²) in [4.78, 5) is 31.0. The summed E-state index contributed by atoms with van der Waals surface area (Å²) in [6.45, 7) is -0.413. The Hall–Kier alpha value is -3.04. The van der Waals surface area contributed by atoms with Gasteiger partial charge in [-0.15, -0.1) is 0 Å². The van der Waals surface area contributed by atoms with E-state index in [4.69, 9.17) is 24.0 Å². The summed E-state index contributed by atoms with van der Waals surface area (Å²) >= 11 is 0. The number of aliphatic hydroxyl groups excluding tert-OH is 3. The number of phosphoric acid groups is 1. The van der Waals surface area contributed by atoms with Crippen LogP contribution in [0.5, 0.6) is 17.2 Å². The molecule has 15 nitrogen and oxygen atoms in total. The Bertz CT molecular complexity index is 1250. The minimum Gasteiger partial charge on any atom is -0.493 e. The minimum absolute atomic E-state index is 0.0602. The molecule has 0 aliphatic carbocycles. The van der Waals surface area contributed by atoms with E-state index in [1.807, 2.05) is 0 Å². The van der Waals surface area contributed by atoms with Crippen LogP contribution in [0.3, 0.4) is 0 Å². The number of benzene rings is 1. The summed E-state index contributed by atoms with van der Waals surface area (Å²) in [7, 11) is -2.03. The Balaban J connectivity index is 1.63. The van der Waals surface area contributed by atoms with Crippen molar-refractivity contribution in [3.63, 3.8) is 0 Å². The zero-order valence-corrected chi connectivity index (χ0v) is 19.4. The fraction of sp³-hybridized carbons (Fsp3) is 0.421. The summed E-state index contributed by atoms with van der Waals surface area (Å²) in [5.41, 5.74) is 1.05. The molecule has 6 N–H and O–H groups in total. The third-order valence-corrected chi connectivity index (χ3v) is 5.80. The molecule has 2 aromatic heterocycles. The molecule has 3 aromatic rings. The van der Waals surface area contributed by atoms with E-state index >= 15 is 0 Å². The molecule has 0 spiro atoms. The number of aromatic nitrogens is 4. The molecule has 190 valence electrons. The maximum atomic E-state index is 11.3. The van der Waals surface area contributed by atoms with Crippen molar-refractivity contribution in [3.05, 3.63) is 30.4 Å². The molecule has 1 fully saturated rings. The lowest BCUT2D eigenvalue weighted by Gasteiger charge is -2.17. The predicted octanol–water partition coefficient (Wildman–Crippen LogP) is -0.461. The summed E-state index contributed by atoms with van der Waals surface area (Å²) in [5, 5.41) is 32.8. The van der Waals surface area contributed by atoms with E-state index in [1.165, 1.54) is 43.6 Å². The van der Waals surface area contributed by atoms with Gasteiger partial charge < -0.3 is 39.4 Å². The molecule has 1 saturated heterocycles. The Kier molecular flexibility index (Phi) is 7.10. The molecule has 0 saturated carbocycles. The van der Waals surface area contributed by atoms with Crippen LogP contribution in [0.4, 0.5) is 5.82 Å². The highest BCUT2D eigenvalue weighted by Crippen LogP contribution is 2.43. The van der Waals surface area contributed by atoms with Crippen LogP contribution < -0.4 is 19.3 Å². The number of methoxy groups -OCH3 is 2. The Labute approximate surface area is 198 Å². The van der Waals surface area contributed by atoms with Crippen molar-refractivity contribution in [3.8, 4) is 17.2 Å². The van der Waals surface area contributed by atoms with E-state index < -0.39 is 39.0 Å². The van der Waals surface area contributed by atoms with Crippen LogP contribution in [-0.4, -0.2) is 83.8 Å². The summed E-state index contributed by atoms with van der Waals surface area (Å²) in [5.74, 6) is 0.661. The number of rotatable bonds is 9. The molecule has 1 aromatic carbocycles. The van der Waals surface area contributed by atoms with Gasteiger partial charge in [-0.25, -0.2) is 19.5 Å². The van der Waals surface area contributed by atoms with Crippen LogP contribution in [0.15, 0.2) is 24.8 Å². The fourth-order valence-corrected chi connectivity index (χ4v) is 4.17. The summed E-state index contributed by atoms with van der Waals surface area (Å²) in [6, 6.07) is 2.66. The van der Waals surface area contributed by atoms with Crippen LogP contribution in [0, 0.1) is 0 Å². The Morgan fingerprint density at radius 2 is 1.91 bits per heavy atom. The number of ether oxygens (including phenoxy) is 3. The Morgan fingerprint density at radius 3 is 2.54 bits per heavy atom. The van der Waals surface area contributed by atoms with Crippen LogP contribution >= 0.6 is 7.82 Å². The second-order valence-electron chi connectivity index (χ2n) is 7.53. The highest BCUT2D eigenvalue weighted by atomic mass is 31.2. The molecular weight excluding hydrogens is 489 g/mol. The number of anilines is 1. The molecule has 1 aliphatic heterocycles. The zero-order valence-electron chi connectivity index (χ0n) is 18.5. The first-order valence-electron chi connectivity index (χ1n) is 10.2. The van der Waals surface area contributed by atoms with E-state index in [0.29, 0.717) is 28.3 Å². The third-order valence-electron chi connectivity index (χ3n) is 5.35.